The minimum Gasteiger partial charge on any atom is -0.384 e. The molecule has 2 N–H and O–H groups in total. The van der Waals surface area contributed by atoms with Gasteiger partial charge in [-0.2, -0.15) is 5.10 Å². The van der Waals surface area contributed by atoms with Crippen LogP contribution in [0.3, 0.4) is 0 Å². The van der Waals surface area contributed by atoms with Gasteiger partial charge in [0.05, 0.1) is 22.4 Å². The lowest BCUT2D eigenvalue weighted by Crippen LogP contribution is -2.38. The number of nitrogens with zero attached hydrogens (tertiary/aromatic N) is 3. The number of imide groups is 1. The molecule has 1 aromatic heterocycles. The van der Waals surface area contributed by atoms with Crippen molar-refractivity contribution in [2.24, 2.45) is 0 Å². The Morgan fingerprint density at radius 3 is 2.23 bits per heavy atom. The molecule has 0 radical (unpaired) electrons. The molecule has 2 amide bonds. The minimum atomic E-state index is -0.178. The Hall–Kier alpha value is -2.63. The van der Waals surface area contributed by atoms with Gasteiger partial charge in [0.25, 0.3) is 11.8 Å². The number of fused-ring (bicyclic) bond motifs is 1. The van der Waals surface area contributed by atoms with E-state index in [0.717, 1.165) is 25.0 Å². The molecule has 1 unspecified atom stereocenters. The number of carbonyl (C=O) groups excluding carboxylic acids is 2. The first-order chi connectivity index (χ1) is 12.3. The van der Waals surface area contributed by atoms with Crippen molar-refractivity contribution in [2.75, 3.05) is 5.73 Å². The highest BCUT2D eigenvalue weighted by molar-refractivity contribution is 6.21. The maximum Gasteiger partial charge on any atom is 0.261 e. The largest absolute Gasteiger partial charge is 0.384 e. The van der Waals surface area contributed by atoms with Crippen LogP contribution < -0.4 is 5.73 Å². The summed E-state index contributed by atoms with van der Waals surface area (Å²) in [6.45, 7) is 6.20. The van der Waals surface area contributed by atoms with E-state index >= 15 is 0 Å². The molecule has 136 valence electrons. The predicted molar refractivity (Wildman–Crippen MR) is 99.0 cm³/mol. The zero-order valence-electron chi connectivity index (χ0n) is 15.4. The van der Waals surface area contributed by atoms with E-state index in [1.54, 1.807) is 24.3 Å². The second kappa shape index (κ2) is 5.69. The molecule has 0 saturated heterocycles. The summed E-state index contributed by atoms with van der Waals surface area (Å²) in [6.07, 6.45) is 2.45. The Kier molecular flexibility index (Phi) is 3.68. The molecule has 6 nitrogen and oxygen atoms in total. The number of hydrogen-bond donors (Lipinski definition) is 1. The highest BCUT2D eigenvalue weighted by Crippen LogP contribution is 2.40. The van der Waals surface area contributed by atoms with E-state index in [2.05, 4.69) is 20.8 Å². The van der Waals surface area contributed by atoms with Crippen LogP contribution in [0.4, 0.5) is 5.82 Å². The van der Waals surface area contributed by atoms with E-state index in [1.165, 1.54) is 4.90 Å². The first kappa shape index (κ1) is 16.8. The van der Waals surface area contributed by atoms with Crippen LogP contribution in [-0.2, 0) is 5.54 Å². The third-order valence-electron chi connectivity index (χ3n) is 5.41. The molecule has 1 aliphatic heterocycles. The summed E-state index contributed by atoms with van der Waals surface area (Å²) in [4.78, 5) is 26.8. The fraction of sp³-hybridized carbons (Fsp3) is 0.450. The van der Waals surface area contributed by atoms with Crippen LogP contribution in [0.1, 0.15) is 72.4 Å². The number of aromatic nitrogens is 2. The van der Waals surface area contributed by atoms with Crippen molar-refractivity contribution in [3.8, 4) is 0 Å². The van der Waals surface area contributed by atoms with Crippen LogP contribution >= 0.6 is 0 Å². The molecule has 1 fully saturated rings. The highest BCUT2D eigenvalue weighted by atomic mass is 16.2. The van der Waals surface area contributed by atoms with Crippen LogP contribution in [0.15, 0.2) is 30.3 Å². The summed E-state index contributed by atoms with van der Waals surface area (Å²) in [5.74, 6) is 0.527. The van der Waals surface area contributed by atoms with Gasteiger partial charge in [-0.25, -0.2) is 4.68 Å². The molecule has 2 aliphatic rings. The zero-order valence-corrected chi connectivity index (χ0v) is 15.4. The Morgan fingerprint density at radius 2 is 1.69 bits per heavy atom. The molecule has 1 aromatic carbocycles. The summed E-state index contributed by atoms with van der Waals surface area (Å²) < 4.78 is 1.84. The smallest absolute Gasteiger partial charge is 0.261 e. The number of nitrogen functional groups attached to an aromatic ring is 1. The SMILES string of the molecule is CC(C)(C)n1nc([C@H]2CCC(N3C(=O)c4ccccc4C3=O)C2)cc1N. The molecule has 0 spiro atoms. The summed E-state index contributed by atoms with van der Waals surface area (Å²) in [7, 11) is 0. The van der Waals surface area contributed by atoms with Gasteiger partial charge < -0.3 is 5.73 Å². The van der Waals surface area contributed by atoms with E-state index in [4.69, 9.17) is 10.8 Å². The number of nitrogens with two attached hydrogens (primary N) is 1. The predicted octanol–water partition coefficient (Wildman–Crippen LogP) is 3.15. The van der Waals surface area contributed by atoms with Crippen molar-refractivity contribution in [1.29, 1.82) is 0 Å². The van der Waals surface area contributed by atoms with Gasteiger partial charge in [0, 0.05) is 18.0 Å². The van der Waals surface area contributed by atoms with Crippen LogP contribution in [0, 0.1) is 0 Å². The normalized spacial score (nSPS) is 23.0. The average Bonchev–Trinajstić information content (AvgIpc) is 3.26. The van der Waals surface area contributed by atoms with Crippen molar-refractivity contribution in [3.63, 3.8) is 0 Å². The maximum atomic E-state index is 12.7. The van der Waals surface area contributed by atoms with Crippen molar-refractivity contribution in [2.45, 2.75) is 57.5 Å². The molecular weight excluding hydrogens is 328 g/mol. The number of benzene rings is 1. The van der Waals surface area contributed by atoms with Crippen molar-refractivity contribution in [3.05, 3.63) is 47.2 Å². The van der Waals surface area contributed by atoms with Gasteiger partial charge in [-0.1, -0.05) is 12.1 Å². The third-order valence-corrected chi connectivity index (χ3v) is 5.41. The van der Waals surface area contributed by atoms with E-state index in [9.17, 15) is 9.59 Å². The van der Waals surface area contributed by atoms with Gasteiger partial charge in [-0.15, -0.1) is 0 Å². The number of anilines is 1. The molecule has 2 atom stereocenters. The monoisotopic (exact) mass is 352 g/mol. The van der Waals surface area contributed by atoms with Crippen LogP contribution in [-0.4, -0.2) is 32.5 Å². The van der Waals surface area contributed by atoms with Crippen LogP contribution in [0.5, 0.6) is 0 Å². The molecule has 0 bridgehead atoms. The average molecular weight is 352 g/mol. The highest BCUT2D eigenvalue weighted by Gasteiger charge is 2.43. The number of amides is 2. The summed E-state index contributed by atoms with van der Waals surface area (Å²) >= 11 is 0. The van der Waals surface area contributed by atoms with Crippen LogP contribution in [0.25, 0.3) is 0 Å². The maximum absolute atomic E-state index is 12.7. The Labute approximate surface area is 153 Å². The van der Waals surface area contributed by atoms with E-state index in [-0.39, 0.29) is 29.3 Å². The first-order valence-corrected chi connectivity index (χ1v) is 9.10. The van der Waals surface area contributed by atoms with E-state index in [0.29, 0.717) is 16.9 Å². The molecule has 2 heterocycles. The second-order valence-electron chi connectivity index (χ2n) is 8.27. The molecule has 1 saturated carbocycles. The van der Waals surface area contributed by atoms with Crippen molar-refractivity contribution < 1.29 is 9.59 Å². The Morgan fingerprint density at radius 1 is 1.08 bits per heavy atom. The molecule has 26 heavy (non-hydrogen) atoms. The lowest BCUT2D eigenvalue weighted by Gasteiger charge is -2.22. The Bertz CT molecular complexity index is 858. The van der Waals surface area contributed by atoms with Gasteiger partial charge >= 0.3 is 0 Å². The molecule has 6 heteroatoms. The number of rotatable bonds is 2. The number of carbonyl (C=O) groups is 2. The lowest BCUT2D eigenvalue weighted by atomic mass is 10.0. The quantitative estimate of drug-likeness (QED) is 0.842. The van der Waals surface area contributed by atoms with E-state index < -0.39 is 0 Å². The van der Waals surface area contributed by atoms with Gasteiger partial charge in [0.15, 0.2) is 0 Å². The summed E-state index contributed by atoms with van der Waals surface area (Å²) in [6, 6.07) is 8.91. The van der Waals surface area contributed by atoms with Crippen molar-refractivity contribution in [1.82, 2.24) is 14.7 Å². The molecule has 4 rings (SSSR count). The topological polar surface area (TPSA) is 81.2 Å². The minimum absolute atomic E-state index is 0.0755. The van der Waals surface area contributed by atoms with Gasteiger partial charge in [-0.3, -0.25) is 14.5 Å². The van der Waals surface area contributed by atoms with Gasteiger partial charge in [0.1, 0.15) is 5.82 Å². The summed E-state index contributed by atoms with van der Waals surface area (Å²) in [5, 5.41) is 4.70. The first-order valence-electron chi connectivity index (χ1n) is 9.10. The fourth-order valence-electron chi connectivity index (χ4n) is 4.15. The Balaban J connectivity index is 1.55. The number of hydrogen-bond acceptors (Lipinski definition) is 4. The second-order valence-corrected chi connectivity index (χ2v) is 8.27. The van der Waals surface area contributed by atoms with Gasteiger partial charge in [0.2, 0.25) is 0 Å². The standard InChI is InChI=1S/C20H24N4O2/c1-20(2,3)24-17(21)11-16(22-24)12-8-9-13(10-12)23-18(25)14-6-4-5-7-15(14)19(23)26/h4-7,11-13H,8-10,21H2,1-3H3/t12-,13?/m0/s1. The zero-order chi connectivity index (χ0) is 18.6. The fourth-order valence-corrected chi connectivity index (χ4v) is 4.15. The third kappa shape index (κ3) is 2.52. The summed E-state index contributed by atoms with van der Waals surface area (Å²) in [5.41, 5.74) is 7.94. The van der Waals surface area contributed by atoms with Crippen LogP contribution in [0.2, 0.25) is 0 Å². The molecular formula is C20H24N4O2. The van der Waals surface area contributed by atoms with E-state index in [1.807, 2.05) is 10.7 Å². The lowest BCUT2D eigenvalue weighted by molar-refractivity contribution is 0.0586. The van der Waals surface area contributed by atoms with Gasteiger partial charge in [-0.05, 0) is 52.2 Å². The molecule has 1 aliphatic carbocycles. The van der Waals surface area contributed by atoms with Crippen molar-refractivity contribution >= 4 is 17.6 Å². The molecule has 2 aromatic rings.